The second-order valence-corrected chi connectivity index (χ2v) is 9.93. The van der Waals surface area contributed by atoms with E-state index in [1.807, 2.05) is 30.3 Å². The number of nitrogens with one attached hydrogen (secondary N) is 1. The first-order valence-corrected chi connectivity index (χ1v) is 12.0. The molecule has 1 atom stereocenters. The third-order valence-corrected chi connectivity index (χ3v) is 7.66. The van der Waals surface area contributed by atoms with Gasteiger partial charge in [0.15, 0.2) is 0 Å². The second kappa shape index (κ2) is 9.22. The van der Waals surface area contributed by atoms with Crippen LogP contribution < -0.4 is 5.32 Å². The van der Waals surface area contributed by atoms with Gasteiger partial charge in [0.2, 0.25) is 27.6 Å². The van der Waals surface area contributed by atoms with Gasteiger partial charge in [-0.2, -0.15) is 9.29 Å². The number of benzene rings is 2. The molecular formula is C23H26N4O4S. The first-order chi connectivity index (χ1) is 15.3. The number of hydrogen-bond acceptors (Lipinski definition) is 6. The quantitative estimate of drug-likeness (QED) is 0.614. The number of carbonyl (C=O) groups is 1. The first-order valence-electron chi connectivity index (χ1n) is 10.6. The van der Waals surface area contributed by atoms with Gasteiger partial charge in [-0.3, -0.25) is 4.79 Å². The number of aromatic nitrogens is 2. The molecule has 32 heavy (non-hydrogen) atoms. The molecule has 1 aliphatic heterocycles. The molecule has 0 aliphatic carbocycles. The van der Waals surface area contributed by atoms with Gasteiger partial charge in [0.05, 0.1) is 10.8 Å². The standard InChI is InChI=1S/C23H26N4O4S/c1-16-10-11-19(22-25-17(2)31-26-22)13-21(16)32(29,30)27-12-6-9-20(15-27)23(28)24-14-18-7-4-3-5-8-18/h3-5,7-8,10-11,13,20H,6,9,12,14-15H2,1-2H3,(H,24,28)/t20-/m0/s1. The third-order valence-electron chi connectivity index (χ3n) is 5.66. The lowest BCUT2D eigenvalue weighted by molar-refractivity contribution is -0.126. The molecule has 2 aromatic carbocycles. The minimum absolute atomic E-state index is 0.124. The van der Waals surface area contributed by atoms with E-state index in [1.54, 1.807) is 32.0 Å². The summed E-state index contributed by atoms with van der Waals surface area (Å²) in [6.07, 6.45) is 1.29. The first kappa shape index (κ1) is 22.2. The maximum atomic E-state index is 13.5. The molecular weight excluding hydrogens is 428 g/mol. The number of piperidine rings is 1. The van der Waals surface area contributed by atoms with Crippen LogP contribution in [0.15, 0.2) is 57.9 Å². The molecule has 3 aromatic rings. The Bertz CT molecular complexity index is 1210. The molecule has 1 amide bonds. The number of carbonyl (C=O) groups excluding carboxylic acids is 1. The molecule has 9 heteroatoms. The smallest absolute Gasteiger partial charge is 0.243 e. The molecule has 168 valence electrons. The molecule has 8 nitrogen and oxygen atoms in total. The average molecular weight is 455 g/mol. The summed E-state index contributed by atoms with van der Waals surface area (Å²) in [7, 11) is -3.78. The van der Waals surface area contributed by atoms with Crippen LogP contribution in [0.25, 0.3) is 11.4 Å². The van der Waals surface area contributed by atoms with E-state index in [4.69, 9.17) is 4.52 Å². The minimum atomic E-state index is -3.78. The predicted molar refractivity (Wildman–Crippen MR) is 119 cm³/mol. The minimum Gasteiger partial charge on any atom is -0.352 e. The van der Waals surface area contributed by atoms with Crippen LogP contribution in [0.5, 0.6) is 0 Å². The van der Waals surface area contributed by atoms with Gasteiger partial charge in [-0.25, -0.2) is 8.42 Å². The van der Waals surface area contributed by atoms with Crippen molar-refractivity contribution in [1.82, 2.24) is 19.8 Å². The highest BCUT2D eigenvalue weighted by atomic mass is 32.2. The zero-order valence-electron chi connectivity index (χ0n) is 18.1. The fourth-order valence-electron chi connectivity index (χ4n) is 3.88. The Balaban J connectivity index is 1.50. The van der Waals surface area contributed by atoms with Crippen molar-refractivity contribution in [1.29, 1.82) is 0 Å². The van der Waals surface area contributed by atoms with Crippen molar-refractivity contribution < 1.29 is 17.7 Å². The highest BCUT2D eigenvalue weighted by molar-refractivity contribution is 7.89. The Morgan fingerprint density at radius 2 is 1.97 bits per heavy atom. The van der Waals surface area contributed by atoms with E-state index < -0.39 is 10.0 Å². The van der Waals surface area contributed by atoms with E-state index in [0.29, 0.717) is 48.8 Å². The molecule has 0 saturated carbocycles. The number of hydrogen-bond donors (Lipinski definition) is 1. The monoisotopic (exact) mass is 454 g/mol. The molecule has 1 N–H and O–H groups in total. The summed E-state index contributed by atoms with van der Waals surface area (Å²) < 4.78 is 33.4. The summed E-state index contributed by atoms with van der Waals surface area (Å²) in [5.41, 5.74) is 2.20. The summed E-state index contributed by atoms with van der Waals surface area (Å²) in [6.45, 7) is 4.41. The highest BCUT2D eigenvalue weighted by Gasteiger charge is 2.34. The van der Waals surface area contributed by atoms with Crippen molar-refractivity contribution >= 4 is 15.9 Å². The lowest BCUT2D eigenvalue weighted by atomic mass is 9.99. The summed E-state index contributed by atoms with van der Waals surface area (Å²) in [5, 5.41) is 6.82. The van der Waals surface area contributed by atoms with Crippen LogP contribution in [0.3, 0.4) is 0 Å². The lowest BCUT2D eigenvalue weighted by Gasteiger charge is -2.31. The van der Waals surface area contributed by atoms with Gasteiger partial charge < -0.3 is 9.84 Å². The molecule has 2 heterocycles. The summed E-state index contributed by atoms with van der Waals surface area (Å²) in [6, 6.07) is 14.7. The van der Waals surface area contributed by atoms with Crippen molar-refractivity contribution in [2.24, 2.45) is 5.92 Å². The molecule has 1 saturated heterocycles. The Hall–Kier alpha value is -3.04. The Kier molecular flexibility index (Phi) is 6.38. The molecule has 1 aliphatic rings. The van der Waals surface area contributed by atoms with Crippen LogP contribution in [-0.2, 0) is 21.4 Å². The van der Waals surface area contributed by atoms with Gasteiger partial charge in [0.1, 0.15) is 0 Å². The van der Waals surface area contributed by atoms with Gasteiger partial charge in [0.25, 0.3) is 0 Å². The topological polar surface area (TPSA) is 105 Å². The largest absolute Gasteiger partial charge is 0.352 e. The van der Waals surface area contributed by atoms with Gasteiger partial charge in [-0.05, 0) is 37.0 Å². The van der Waals surface area contributed by atoms with Crippen LogP contribution in [0, 0.1) is 19.8 Å². The van der Waals surface area contributed by atoms with Gasteiger partial charge in [-0.1, -0.05) is 47.6 Å². The predicted octanol–water partition coefficient (Wildman–Crippen LogP) is 3.07. The van der Waals surface area contributed by atoms with E-state index in [0.717, 1.165) is 5.56 Å². The van der Waals surface area contributed by atoms with Crippen molar-refractivity contribution in [2.45, 2.75) is 38.1 Å². The molecule has 0 unspecified atom stereocenters. The highest BCUT2D eigenvalue weighted by Crippen LogP contribution is 2.29. The molecule has 0 bridgehead atoms. The van der Waals surface area contributed by atoms with Crippen LogP contribution >= 0.6 is 0 Å². The summed E-state index contributed by atoms with van der Waals surface area (Å²) in [4.78, 5) is 17.1. The normalized spacial score (nSPS) is 17.2. The molecule has 1 aromatic heterocycles. The third kappa shape index (κ3) is 4.73. The van der Waals surface area contributed by atoms with Crippen LogP contribution in [0.1, 0.15) is 29.9 Å². The molecule has 4 rings (SSSR count). The molecule has 0 radical (unpaired) electrons. The summed E-state index contributed by atoms with van der Waals surface area (Å²) >= 11 is 0. The fraction of sp³-hybridized carbons (Fsp3) is 0.348. The Labute approximate surface area is 187 Å². The zero-order chi connectivity index (χ0) is 22.7. The van der Waals surface area contributed by atoms with E-state index in [1.165, 1.54) is 4.31 Å². The van der Waals surface area contributed by atoms with Crippen LogP contribution in [0.2, 0.25) is 0 Å². The van der Waals surface area contributed by atoms with Gasteiger partial charge >= 0.3 is 0 Å². The van der Waals surface area contributed by atoms with Gasteiger partial charge in [-0.15, -0.1) is 0 Å². The maximum absolute atomic E-state index is 13.5. The summed E-state index contributed by atoms with van der Waals surface area (Å²) in [5.74, 6) is 0.244. The number of rotatable bonds is 6. The fourth-order valence-corrected chi connectivity index (χ4v) is 5.65. The van der Waals surface area contributed by atoms with E-state index in [2.05, 4.69) is 15.5 Å². The number of nitrogens with zero attached hydrogens (tertiary/aromatic N) is 3. The Morgan fingerprint density at radius 3 is 2.69 bits per heavy atom. The van der Waals surface area contributed by atoms with Crippen LogP contribution in [-0.4, -0.2) is 41.9 Å². The maximum Gasteiger partial charge on any atom is 0.243 e. The Morgan fingerprint density at radius 1 is 1.19 bits per heavy atom. The molecule has 1 fully saturated rings. The number of aryl methyl sites for hydroxylation is 2. The molecule has 0 spiro atoms. The van der Waals surface area contributed by atoms with E-state index in [9.17, 15) is 13.2 Å². The average Bonchev–Trinajstić information content (AvgIpc) is 3.24. The second-order valence-electron chi connectivity index (χ2n) is 8.02. The zero-order valence-corrected chi connectivity index (χ0v) is 18.9. The SMILES string of the molecule is Cc1nc(-c2ccc(C)c(S(=O)(=O)N3CCC[C@H](C(=O)NCc4ccccc4)C3)c2)no1. The van der Waals surface area contributed by atoms with Crippen LogP contribution in [0.4, 0.5) is 0 Å². The van der Waals surface area contributed by atoms with Crippen molar-refractivity contribution in [3.05, 3.63) is 65.5 Å². The lowest BCUT2D eigenvalue weighted by Crippen LogP contribution is -2.45. The van der Waals surface area contributed by atoms with E-state index in [-0.39, 0.29) is 23.3 Å². The van der Waals surface area contributed by atoms with E-state index >= 15 is 0 Å². The van der Waals surface area contributed by atoms with Crippen molar-refractivity contribution in [2.75, 3.05) is 13.1 Å². The number of sulfonamides is 1. The number of amides is 1. The van der Waals surface area contributed by atoms with Crippen molar-refractivity contribution in [3.8, 4) is 11.4 Å². The van der Waals surface area contributed by atoms with Gasteiger partial charge in [0, 0.05) is 32.1 Å². The van der Waals surface area contributed by atoms with Crippen molar-refractivity contribution in [3.63, 3.8) is 0 Å².